The van der Waals surface area contributed by atoms with E-state index in [-0.39, 0.29) is 17.2 Å². The molecule has 0 aliphatic heterocycles. The largest absolute Gasteiger partial charge is 0.496 e. The molecule has 1 rings (SSSR count). The van der Waals surface area contributed by atoms with E-state index in [9.17, 15) is 9.59 Å². The maximum atomic E-state index is 11.8. The average molecular weight is 252 g/mol. The summed E-state index contributed by atoms with van der Waals surface area (Å²) in [5.41, 5.74) is 0.601. The third-order valence-electron chi connectivity index (χ3n) is 2.61. The maximum Gasteiger partial charge on any atom is 0.377 e. The van der Waals surface area contributed by atoms with Crippen molar-refractivity contribution in [2.24, 2.45) is 0 Å². The van der Waals surface area contributed by atoms with Crippen molar-refractivity contribution < 1.29 is 24.2 Å². The highest BCUT2D eigenvalue weighted by Gasteiger charge is 2.27. The number of aliphatic carboxylic acids is 1. The molecule has 0 amide bonds. The minimum atomic E-state index is -1.51. The van der Waals surface area contributed by atoms with E-state index in [4.69, 9.17) is 14.6 Å². The predicted molar refractivity (Wildman–Crippen MR) is 65.6 cm³/mol. The third kappa shape index (κ3) is 2.45. The van der Waals surface area contributed by atoms with Crippen LogP contribution in [0.4, 0.5) is 0 Å². The van der Waals surface area contributed by atoms with Gasteiger partial charge in [-0.1, -0.05) is 13.8 Å². The molecule has 5 heteroatoms. The van der Waals surface area contributed by atoms with E-state index in [1.54, 1.807) is 6.07 Å². The zero-order chi connectivity index (χ0) is 13.9. The summed E-state index contributed by atoms with van der Waals surface area (Å²) in [6.45, 7) is 3.71. The van der Waals surface area contributed by atoms with Crippen LogP contribution in [-0.2, 0) is 4.79 Å². The van der Waals surface area contributed by atoms with Crippen LogP contribution >= 0.6 is 0 Å². The standard InChI is InChI=1S/C13H16O5/c1-7(2)10-8(17-3)5-6-9(18-4)11(10)12(14)13(15)16/h5-7H,1-4H3,(H,15,16). The van der Waals surface area contributed by atoms with Crippen LogP contribution in [0.5, 0.6) is 11.5 Å². The molecule has 18 heavy (non-hydrogen) atoms. The van der Waals surface area contributed by atoms with E-state index in [0.29, 0.717) is 11.3 Å². The summed E-state index contributed by atoms with van der Waals surface area (Å²) in [6, 6.07) is 3.19. The molecule has 0 unspecified atom stereocenters. The second-order valence-corrected chi connectivity index (χ2v) is 4.05. The fraction of sp³-hybridized carbons (Fsp3) is 0.385. The SMILES string of the molecule is COc1ccc(OC)c(C(C)C)c1C(=O)C(=O)O. The minimum Gasteiger partial charge on any atom is -0.496 e. The Balaban J connectivity index is 3.60. The highest BCUT2D eigenvalue weighted by molar-refractivity contribution is 6.41. The molecule has 0 aliphatic carbocycles. The summed E-state index contributed by atoms with van der Waals surface area (Å²) in [5.74, 6) is -1.84. The van der Waals surface area contributed by atoms with E-state index < -0.39 is 11.8 Å². The Morgan fingerprint density at radius 3 is 2.00 bits per heavy atom. The zero-order valence-electron chi connectivity index (χ0n) is 10.8. The Morgan fingerprint density at radius 1 is 1.11 bits per heavy atom. The molecule has 1 aromatic carbocycles. The van der Waals surface area contributed by atoms with Gasteiger partial charge in [-0.2, -0.15) is 0 Å². The lowest BCUT2D eigenvalue weighted by Crippen LogP contribution is -2.17. The van der Waals surface area contributed by atoms with E-state index in [2.05, 4.69) is 0 Å². The second-order valence-electron chi connectivity index (χ2n) is 4.05. The van der Waals surface area contributed by atoms with E-state index in [0.717, 1.165) is 0 Å². The molecule has 1 N–H and O–H groups in total. The topological polar surface area (TPSA) is 72.8 Å². The maximum absolute atomic E-state index is 11.8. The molecule has 0 spiro atoms. The molecule has 0 aliphatic rings. The van der Waals surface area contributed by atoms with Crippen LogP contribution in [0.1, 0.15) is 35.7 Å². The predicted octanol–water partition coefficient (Wildman–Crippen LogP) is 2.09. The monoisotopic (exact) mass is 252 g/mol. The molecule has 0 bridgehead atoms. The van der Waals surface area contributed by atoms with Crippen molar-refractivity contribution >= 4 is 11.8 Å². The van der Waals surface area contributed by atoms with Gasteiger partial charge in [0.25, 0.3) is 5.78 Å². The first-order valence-electron chi connectivity index (χ1n) is 5.46. The number of carboxylic acid groups (broad SMARTS) is 1. The summed E-state index contributed by atoms with van der Waals surface area (Å²) >= 11 is 0. The fourth-order valence-electron chi connectivity index (χ4n) is 1.84. The van der Waals surface area contributed by atoms with E-state index in [1.165, 1.54) is 20.3 Å². The van der Waals surface area contributed by atoms with Gasteiger partial charge < -0.3 is 14.6 Å². The molecule has 0 atom stereocenters. The molecule has 1 aromatic rings. The van der Waals surface area contributed by atoms with E-state index in [1.807, 2.05) is 13.8 Å². The third-order valence-corrected chi connectivity index (χ3v) is 2.61. The number of hydrogen-bond acceptors (Lipinski definition) is 4. The van der Waals surface area contributed by atoms with Gasteiger partial charge in [0.1, 0.15) is 11.5 Å². The minimum absolute atomic E-state index is 0.0550. The first-order valence-corrected chi connectivity index (χ1v) is 5.46. The van der Waals surface area contributed by atoms with Gasteiger partial charge in [0.2, 0.25) is 0 Å². The number of ketones is 1. The second kappa shape index (κ2) is 5.53. The highest BCUT2D eigenvalue weighted by Crippen LogP contribution is 2.36. The van der Waals surface area contributed by atoms with Gasteiger partial charge >= 0.3 is 5.97 Å². The Morgan fingerprint density at radius 2 is 1.61 bits per heavy atom. The number of Topliss-reactive ketones (excluding diaryl/α,β-unsaturated/α-hetero) is 1. The van der Waals surface area contributed by atoms with Crippen LogP contribution in [0, 0.1) is 0 Å². The number of carboxylic acids is 1. The Bertz CT molecular complexity index is 477. The summed E-state index contributed by atoms with van der Waals surface area (Å²) in [4.78, 5) is 22.7. The van der Waals surface area contributed by atoms with Gasteiger partial charge in [-0.25, -0.2) is 4.79 Å². The van der Waals surface area contributed by atoms with Gasteiger partial charge in [0, 0.05) is 5.56 Å². The number of hydrogen-bond donors (Lipinski definition) is 1. The number of carbonyl (C=O) groups excluding carboxylic acids is 1. The molecule has 98 valence electrons. The van der Waals surface area contributed by atoms with Gasteiger partial charge in [-0.15, -0.1) is 0 Å². The summed E-state index contributed by atoms with van der Waals surface area (Å²) in [5, 5.41) is 8.88. The lowest BCUT2D eigenvalue weighted by Gasteiger charge is -2.17. The molecule has 5 nitrogen and oxygen atoms in total. The van der Waals surface area contributed by atoms with Crippen LogP contribution < -0.4 is 9.47 Å². The highest BCUT2D eigenvalue weighted by atomic mass is 16.5. The van der Waals surface area contributed by atoms with Crippen molar-refractivity contribution in [3.8, 4) is 11.5 Å². The van der Waals surface area contributed by atoms with Crippen molar-refractivity contribution in [1.82, 2.24) is 0 Å². The summed E-state index contributed by atoms with van der Waals surface area (Å²) in [7, 11) is 2.87. The number of benzene rings is 1. The summed E-state index contributed by atoms with van der Waals surface area (Å²) in [6.07, 6.45) is 0. The van der Waals surface area contributed by atoms with Crippen LogP contribution in [0.15, 0.2) is 12.1 Å². The molecular weight excluding hydrogens is 236 g/mol. The van der Waals surface area contributed by atoms with Gasteiger partial charge in [0.05, 0.1) is 19.8 Å². The van der Waals surface area contributed by atoms with E-state index >= 15 is 0 Å². The molecule has 0 saturated carbocycles. The van der Waals surface area contributed by atoms with Crippen molar-refractivity contribution in [2.75, 3.05) is 14.2 Å². The molecular formula is C13H16O5. The van der Waals surface area contributed by atoms with Gasteiger partial charge in [-0.05, 0) is 18.1 Å². The first-order chi connectivity index (χ1) is 8.43. The normalized spacial score (nSPS) is 10.3. The van der Waals surface area contributed by atoms with Gasteiger partial charge in [-0.3, -0.25) is 4.79 Å². The van der Waals surface area contributed by atoms with Crippen molar-refractivity contribution in [3.63, 3.8) is 0 Å². The number of rotatable bonds is 5. The Labute approximate surface area is 105 Å². The fourth-order valence-corrected chi connectivity index (χ4v) is 1.84. The van der Waals surface area contributed by atoms with Crippen molar-refractivity contribution in [1.29, 1.82) is 0 Å². The molecule has 0 fully saturated rings. The Kier molecular flexibility index (Phi) is 4.31. The smallest absolute Gasteiger partial charge is 0.377 e. The number of ether oxygens (including phenoxy) is 2. The van der Waals surface area contributed by atoms with Crippen LogP contribution in [-0.4, -0.2) is 31.1 Å². The zero-order valence-corrected chi connectivity index (χ0v) is 10.8. The molecule has 0 aromatic heterocycles. The lowest BCUT2D eigenvalue weighted by molar-refractivity contribution is -0.131. The van der Waals surface area contributed by atoms with Crippen LogP contribution in [0.2, 0.25) is 0 Å². The Hall–Kier alpha value is -2.04. The van der Waals surface area contributed by atoms with Gasteiger partial charge in [0.15, 0.2) is 0 Å². The average Bonchev–Trinajstić information content (AvgIpc) is 2.35. The van der Waals surface area contributed by atoms with Crippen molar-refractivity contribution in [2.45, 2.75) is 19.8 Å². The first kappa shape index (κ1) is 14.0. The summed E-state index contributed by atoms with van der Waals surface area (Å²) < 4.78 is 10.2. The van der Waals surface area contributed by atoms with Crippen LogP contribution in [0.3, 0.4) is 0 Å². The van der Waals surface area contributed by atoms with Crippen molar-refractivity contribution in [3.05, 3.63) is 23.3 Å². The number of methoxy groups -OCH3 is 2. The molecule has 0 radical (unpaired) electrons. The van der Waals surface area contributed by atoms with Crippen LogP contribution in [0.25, 0.3) is 0 Å². The lowest BCUT2D eigenvalue weighted by atomic mass is 9.92. The number of carbonyl (C=O) groups is 2. The quantitative estimate of drug-likeness (QED) is 0.641. The molecule has 0 heterocycles. The molecule has 0 saturated heterocycles.